The molecule has 1 saturated heterocycles. The Morgan fingerprint density at radius 2 is 2.12 bits per heavy atom. The third-order valence-corrected chi connectivity index (χ3v) is 6.38. The summed E-state index contributed by atoms with van der Waals surface area (Å²) >= 11 is 0. The minimum Gasteiger partial charge on any atom is -0.495 e. The Morgan fingerprint density at radius 1 is 1.33 bits per heavy atom. The van der Waals surface area contributed by atoms with Crippen LogP contribution in [0.2, 0.25) is 0 Å². The zero-order chi connectivity index (χ0) is 23.4. The molecule has 1 aliphatic carbocycles. The fourth-order valence-electron chi connectivity index (χ4n) is 4.77. The van der Waals surface area contributed by atoms with Gasteiger partial charge in [0.2, 0.25) is 5.91 Å². The van der Waals surface area contributed by atoms with E-state index in [0.717, 1.165) is 42.6 Å². The van der Waals surface area contributed by atoms with Gasteiger partial charge in [-0.2, -0.15) is 5.26 Å². The highest BCUT2D eigenvalue weighted by molar-refractivity contribution is 5.83. The number of piperazine rings is 1. The number of nitriles is 1. The Balaban J connectivity index is 1.70. The third-order valence-electron chi connectivity index (χ3n) is 6.38. The van der Waals surface area contributed by atoms with Crippen LogP contribution in [0.3, 0.4) is 0 Å². The van der Waals surface area contributed by atoms with Crippen molar-refractivity contribution in [1.82, 2.24) is 15.1 Å². The van der Waals surface area contributed by atoms with Gasteiger partial charge in [0.15, 0.2) is 0 Å². The lowest BCUT2D eigenvalue weighted by Gasteiger charge is -2.36. The normalized spacial score (nSPS) is 16.5. The second-order valence-electron chi connectivity index (χ2n) is 8.50. The predicted octanol–water partition coefficient (Wildman–Crippen LogP) is 3.27. The van der Waals surface area contributed by atoms with E-state index in [1.54, 1.807) is 25.1 Å². The first-order valence-corrected chi connectivity index (χ1v) is 11.3. The maximum Gasteiger partial charge on any atom is 0.244 e. The highest BCUT2D eigenvalue weighted by Gasteiger charge is 2.32. The van der Waals surface area contributed by atoms with Crippen LogP contribution < -0.4 is 10.1 Å². The second kappa shape index (κ2) is 10.2. The van der Waals surface area contributed by atoms with E-state index in [2.05, 4.69) is 28.4 Å². The number of allylic oxidation sites excluding steroid dienone is 1. The number of fused-ring (bicyclic) bond motifs is 1. The molecule has 0 spiro atoms. The number of benzene rings is 2. The molecule has 0 saturated carbocycles. The molecule has 1 aliphatic heterocycles. The van der Waals surface area contributed by atoms with Crippen LogP contribution in [0.1, 0.15) is 40.3 Å². The van der Waals surface area contributed by atoms with E-state index >= 15 is 0 Å². The van der Waals surface area contributed by atoms with Crippen molar-refractivity contribution in [2.75, 3.05) is 40.3 Å². The molecule has 1 N–H and O–H groups in total. The lowest BCUT2D eigenvalue weighted by molar-refractivity contribution is -0.136. The lowest BCUT2D eigenvalue weighted by atomic mass is 9.90. The Morgan fingerprint density at radius 3 is 2.82 bits per heavy atom. The predicted molar refractivity (Wildman–Crippen MR) is 125 cm³/mol. The SMILES string of the molecule is COc1c(C#N)cc2c(c1CN(C)C(=O)C(c1cccc(F)c1)N1CCNCC1)C=CCC2. The van der Waals surface area contributed by atoms with Crippen molar-refractivity contribution < 1.29 is 13.9 Å². The quantitative estimate of drug-likeness (QED) is 0.735. The molecule has 1 amide bonds. The highest BCUT2D eigenvalue weighted by atomic mass is 19.1. The van der Waals surface area contributed by atoms with Gasteiger partial charge >= 0.3 is 0 Å². The number of hydrogen-bond donors (Lipinski definition) is 1. The minimum atomic E-state index is -0.579. The first-order chi connectivity index (χ1) is 16.0. The van der Waals surface area contributed by atoms with Crippen molar-refractivity contribution in [2.24, 2.45) is 0 Å². The molecular weight excluding hydrogens is 419 g/mol. The topological polar surface area (TPSA) is 68.6 Å². The van der Waals surface area contributed by atoms with Crippen LogP contribution in [0.15, 0.2) is 36.4 Å². The van der Waals surface area contributed by atoms with E-state index in [9.17, 15) is 14.4 Å². The highest BCUT2D eigenvalue weighted by Crippen LogP contribution is 2.35. The molecule has 7 heteroatoms. The number of halogens is 1. The van der Waals surface area contributed by atoms with Crippen LogP contribution in [0.5, 0.6) is 5.75 Å². The number of hydrogen-bond acceptors (Lipinski definition) is 5. The molecule has 0 bridgehead atoms. The maximum atomic E-state index is 14.1. The van der Waals surface area contributed by atoms with Crippen molar-refractivity contribution >= 4 is 12.0 Å². The molecule has 2 aliphatic rings. The molecule has 1 fully saturated rings. The molecule has 6 nitrogen and oxygen atoms in total. The van der Waals surface area contributed by atoms with E-state index in [1.807, 2.05) is 12.1 Å². The van der Waals surface area contributed by atoms with Crippen LogP contribution in [-0.2, 0) is 17.8 Å². The van der Waals surface area contributed by atoms with E-state index in [0.29, 0.717) is 36.5 Å². The van der Waals surface area contributed by atoms with Gasteiger partial charge in [0.1, 0.15) is 23.7 Å². The first kappa shape index (κ1) is 23.0. The Bertz CT molecular complexity index is 1100. The molecule has 33 heavy (non-hydrogen) atoms. The largest absolute Gasteiger partial charge is 0.495 e. The lowest BCUT2D eigenvalue weighted by Crippen LogP contribution is -2.49. The van der Waals surface area contributed by atoms with Crippen molar-refractivity contribution in [2.45, 2.75) is 25.4 Å². The second-order valence-corrected chi connectivity index (χ2v) is 8.50. The fourth-order valence-corrected chi connectivity index (χ4v) is 4.77. The van der Waals surface area contributed by atoms with Gasteiger partial charge in [-0.1, -0.05) is 24.3 Å². The van der Waals surface area contributed by atoms with Crippen LogP contribution >= 0.6 is 0 Å². The van der Waals surface area contributed by atoms with Gasteiger partial charge in [-0.15, -0.1) is 0 Å². The average molecular weight is 449 g/mol. The third kappa shape index (κ3) is 4.77. The molecule has 0 radical (unpaired) electrons. The van der Waals surface area contributed by atoms with Gasteiger partial charge in [0.05, 0.1) is 12.7 Å². The maximum absolute atomic E-state index is 14.1. The average Bonchev–Trinajstić information content (AvgIpc) is 2.84. The molecule has 1 unspecified atom stereocenters. The van der Waals surface area contributed by atoms with Gasteiger partial charge in [-0.25, -0.2) is 4.39 Å². The molecule has 2 aromatic carbocycles. The summed E-state index contributed by atoms with van der Waals surface area (Å²) in [5, 5.41) is 13.0. The number of rotatable bonds is 6. The van der Waals surface area contributed by atoms with Crippen LogP contribution in [0, 0.1) is 17.1 Å². The summed E-state index contributed by atoms with van der Waals surface area (Å²) in [4.78, 5) is 17.6. The van der Waals surface area contributed by atoms with E-state index < -0.39 is 6.04 Å². The number of carbonyl (C=O) groups is 1. The molecule has 0 aromatic heterocycles. The number of methoxy groups -OCH3 is 1. The standard InChI is InChI=1S/C26H29FN4O2/c1-30(17-23-22-9-4-3-6-18(22)14-20(16-28)25(23)33-2)26(32)24(31-12-10-29-11-13-31)19-7-5-8-21(27)15-19/h4-5,7-9,14-15,24,29H,3,6,10-13,17H2,1-2H3. The fraction of sp³-hybridized carbons (Fsp3) is 0.385. The summed E-state index contributed by atoms with van der Waals surface area (Å²) in [6, 6.07) is 9.84. The molecule has 172 valence electrons. The van der Waals surface area contributed by atoms with Crippen LogP contribution in [0.25, 0.3) is 6.08 Å². The minimum absolute atomic E-state index is 0.111. The number of carbonyl (C=O) groups excluding carboxylic acids is 1. The molecule has 1 atom stereocenters. The Kier molecular flexibility index (Phi) is 7.07. The number of nitrogens with zero attached hydrogens (tertiary/aromatic N) is 3. The zero-order valence-corrected chi connectivity index (χ0v) is 19.1. The Hall–Kier alpha value is -3.21. The number of ether oxygens (including phenoxy) is 1. The summed E-state index contributed by atoms with van der Waals surface area (Å²) in [6.07, 6.45) is 5.93. The van der Waals surface area contributed by atoms with E-state index in [4.69, 9.17) is 4.74 Å². The molecule has 4 rings (SSSR count). The summed E-state index contributed by atoms with van der Waals surface area (Å²) in [5.74, 6) is 0.0399. The summed E-state index contributed by atoms with van der Waals surface area (Å²) in [5.41, 5.74) is 4.06. The summed E-state index contributed by atoms with van der Waals surface area (Å²) < 4.78 is 19.7. The molecule has 2 aromatic rings. The van der Waals surface area contributed by atoms with Crippen molar-refractivity contribution in [1.29, 1.82) is 5.26 Å². The van der Waals surface area contributed by atoms with Crippen LogP contribution in [0.4, 0.5) is 4.39 Å². The van der Waals surface area contributed by atoms with Gasteiger partial charge < -0.3 is 15.0 Å². The van der Waals surface area contributed by atoms with Crippen molar-refractivity contribution in [3.8, 4) is 11.8 Å². The van der Waals surface area contributed by atoms with Gasteiger partial charge in [-0.3, -0.25) is 9.69 Å². The smallest absolute Gasteiger partial charge is 0.244 e. The van der Waals surface area contributed by atoms with Crippen molar-refractivity contribution in [3.63, 3.8) is 0 Å². The monoisotopic (exact) mass is 448 g/mol. The van der Waals surface area contributed by atoms with Crippen molar-refractivity contribution in [3.05, 3.63) is 70.0 Å². The zero-order valence-electron chi connectivity index (χ0n) is 19.1. The van der Waals surface area contributed by atoms with Gasteiger partial charge in [-0.05, 0) is 47.7 Å². The first-order valence-electron chi connectivity index (χ1n) is 11.3. The number of amides is 1. The summed E-state index contributed by atoms with van der Waals surface area (Å²) in [7, 11) is 3.31. The summed E-state index contributed by atoms with van der Waals surface area (Å²) in [6.45, 7) is 3.25. The number of nitrogens with one attached hydrogen (secondary N) is 1. The Labute approximate surface area is 194 Å². The van der Waals surface area contributed by atoms with Gasteiger partial charge in [0, 0.05) is 45.3 Å². The number of aryl methyl sites for hydroxylation is 1. The molecule has 1 heterocycles. The van der Waals surface area contributed by atoms with E-state index in [-0.39, 0.29) is 11.7 Å². The van der Waals surface area contributed by atoms with Crippen LogP contribution in [-0.4, -0.2) is 56.0 Å². The number of likely N-dealkylation sites (N-methyl/N-ethyl adjacent to an activating group) is 1. The van der Waals surface area contributed by atoms with E-state index in [1.165, 1.54) is 12.1 Å². The molecular formula is C26H29FN4O2. The van der Waals surface area contributed by atoms with Gasteiger partial charge in [0.25, 0.3) is 0 Å².